The lowest BCUT2D eigenvalue weighted by Crippen LogP contribution is -2.07. The number of aryl methyl sites for hydroxylation is 2. The van der Waals surface area contributed by atoms with E-state index in [9.17, 15) is 0 Å². The van der Waals surface area contributed by atoms with E-state index in [2.05, 4.69) is 31.2 Å². The van der Waals surface area contributed by atoms with E-state index in [1.807, 2.05) is 30.8 Å². The molecule has 5 heteroatoms. The molecule has 0 fully saturated rings. The molecule has 0 radical (unpaired) electrons. The Balaban J connectivity index is 2.08. The lowest BCUT2D eigenvalue weighted by atomic mass is 10.3. The summed E-state index contributed by atoms with van der Waals surface area (Å²) >= 11 is 3.39. The lowest BCUT2D eigenvalue weighted by molar-refractivity contribution is 0.810. The third-order valence-corrected chi connectivity index (χ3v) is 2.81. The van der Waals surface area contributed by atoms with Crippen molar-refractivity contribution in [2.45, 2.75) is 13.5 Å². The molecule has 0 spiro atoms. The Bertz CT molecular complexity index is 492. The molecule has 2 aromatic rings. The molecule has 2 rings (SSSR count). The zero-order valence-corrected chi connectivity index (χ0v) is 10.8. The molecule has 0 aliphatic carbocycles. The second kappa shape index (κ2) is 4.65. The monoisotopic (exact) mass is 280 g/mol. The Morgan fingerprint density at radius 2 is 2.25 bits per heavy atom. The highest BCUT2D eigenvalue weighted by Crippen LogP contribution is 2.17. The number of halogens is 1. The van der Waals surface area contributed by atoms with Crippen LogP contribution in [0.2, 0.25) is 0 Å². The average molecular weight is 281 g/mol. The molecule has 0 bridgehead atoms. The third-order valence-electron chi connectivity index (χ3n) is 2.38. The summed E-state index contributed by atoms with van der Waals surface area (Å²) in [5.41, 5.74) is 1.11. The van der Waals surface area contributed by atoms with Crippen LogP contribution in [0, 0.1) is 6.92 Å². The highest BCUT2D eigenvalue weighted by atomic mass is 79.9. The standard InChI is InChI=1S/C11H13BrN4/c1-8-5-9(12)6-14-11(8)15-7-10-13-3-4-16(10)2/h3-6H,7H2,1-2H3,(H,14,15). The van der Waals surface area contributed by atoms with Gasteiger partial charge in [-0.1, -0.05) is 0 Å². The first-order chi connectivity index (χ1) is 7.66. The van der Waals surface area contributed by atoms with Crippen LogP contribution < -0.4 is 5.32 Å². The van der Waals surface area contributed by atoms with E-state index < -0.39 is 0 Å². The average Bonchev–Trinajstić information content (AvgIpc) is 2.63. The highest BCUT2D eigenvalue weighted by Gasteiger charge is 2.02. The van der Waals surface area contributed by atoms with E-state index in [1.54, 1.807) is 12.4 Å². The zero-order valence-electron chi connectivity index (χ0n) is 9.24. The minimum Gasteiger partial charge on any atom is -0.363 e. The number of anilines is 1. The van der Waals surface area contributed by atoms with Crippen LogP contribution in [0.5, 0.6) is 0 Å². The van der Waals surface area contributed by atoms with Gasteiger partial charge in [-0.15, -0.1) is 0 Å². The van der Waals surface area contributed by atoms with Crippen LogP contribution in [0.4, 0.5) is 5.82 Å². The van der Waals surface area contributed by atoms with Gasteiger partial charge in [0.2, 0.25) is 0 Å². The number of aromatic nitrogens is 3. The fourth-order valence-corrected chi connectivity index (χ4v) is 1.90. The molecule has 2 heterocycles. The molecule has 0 atom stereocenters. The molecule has 2 aromatic heterocycles. The van der Waals surface area contributed by atoms with Crippen LogP contribution >= 0.6 is 15.9 Å². The molecule has 0 aliphatic rings. The summed E-state index contributed by atoms with van der Waals surface area (Å²) in [7, 11) is 1.98. The number of rotatable bonds is 3. The second-order valence-electron chi connectivity index (χ2n) is 3.63. The van der Waals surface area contributed by atoms with Crippen molar-refractivity contribution in [2.75, 3.05) is 5.32 Å². The van der Waals surface area contributed by atoms with E-state index in [0.717, 1.165) is 21.7 Å². The van der Waals surface area contributed by atoms with E-state index in [1.165, 1.54) is 0 Å². The summed E-state index contributed by atoms with van der Waals surface area (Å²) in [4.78, 5) is 8.55. The maximum Gasteiger partial charge on any atom is 0.129 e. The summed E-state index contributed by atoms with van der Waals surface area (Å²) < 4.78 is 2.98. The maximum absolute atomic E-state index is 4.31. The van der Waals surface area contributed by atoms with Crippen LogP contribution in [0.3, 0.4) is 0 Å². The fraction of sp³-hybridized carbons (Fsp3) is 0.273. The molecule has 16 heavy (non-hydrogen) atoms. The van der Waals surface area contributed by atoms with Crippen molar-refractivity contribution in [1.29, 1.82) is 0 Å². The van der Waals surface area contributed by atoms with Crippen LogP contribution in [-0.4, -0.2) is 14.5 Å². The van der Waals surface area contributed by atoms with Gasteiger partial charge in [-0.05, 0) is 34.5 Å². The SMILES string of the molecule is Cc1cc(Br)cnc1NCc1nccn1C. The normalized spacial score (nSPS) is 10.4. The van der Waals surface area contributed by atoms with Gasteiger partial charge in [-0.3, -0.25) is 0 Å². The quantitative estimate of drug-likeness (QED) is 0.940. The number of imidazole rings is 1. The Morgan fingerprint density at radius 1 is 1.44 bits per heavy atom. The maximum atomic E-state index is 4.31. The summed E-state index contributed by atoms with van der Waals surface area (Å²) in [5, 5.41) is 3.27. The van der Waals surface area contributed by atoms with Crippen LogP contribution in [-0.2, 0) is 13.6 Å². The number of nitrogens with one attached hydrogen (secondary N) is 1. The van der Waals surface area contributed by atoms with Gasteiger partial charge in [-0.25, -0.2) is 9.97 Å². The Kier molecular flexibility index (Phi) is 3.24. The first-order valence-electron chi connectivity index (χ1n) is 4.99. The number of nitrogens with zero attached hydrogens (tertiary/aromatic N) is 3. The summed E-state index contributed by atoms with van der Waals surface area (Å²) in [6, 6.07) is 2.04. The van der Waals surface area contributed by atoms with Gasteiger partial charge in [0.05, 0.1) is 6.54 Å². The molecule has 0 unspecified atom stereocenters. The minimum absolute atomic E-state index is 0.680. The van der Waals surface area contributed by atoms with Gasteiger partial charge in [0.25, 0.3) is 0 Å². The third kappa shape index (κ3) is 2.41. The van der Waals surface area contributed by atoms with E-state index in [4.69, 9.17) is 0 Å². The highest BCUT2D eigenvalue weighted by molar-refractivity contribution is 9.10. The van der Waals surface area contributed by atoms with Crippen molar-refractivity contribution in [2.24, 2.45) is 7.05 Å². The van der Waals surface area contributed by atoms with Crippen molar-refractivity contribution in [1.82, 2.24) is 14.5 Å². The first kappa shape index (κ1) is 11.1. The molecule has 0 aromatic carbocycles. The smallest absolute Gasteiger partial charge is 0.129 e. The fourth-order valence-electron chi connectivity index (χ4n) is 1.46. The molecule has 0 amide bonds. The molecule has 0 saturated heterocycles. The summed E-state index contributed by atoms with van der Waals surface area (Å²) in [6.07, 6.45) is 5.51. The Morgan fingerprint density at radius 3 is 2.88 bits per heavy atom. The van der Waals surface area contributed by atoms with E-state index in [0.29, 0.717) is 6.54 Å². The van der Waals surface area contributed by atoms with Crippen molar-refractivity contribution >= 4 is 21.7 Å². The molecule has 0 saturated carbocycles. The largest absolute Gasteiger partial charge is 0.363 e. The van der Waals surface area contributed by atoms with E-state index >= 15 is 0 Å². The van der Waals surface area contributed by atoms with Gasteiger partial charge in [0.1, 0.15) is 11.6 Å². The van der Waals surface area contributed by atoms with Crippen LogP contribution in [0.15, 0.2) is 29.1 Å². The number of hydrogen-bond acceptors (Lipinski definition) is 3. The van der Waals surface area contributed by atoms with Crippen molar-refractivity contribution in [3.8, 4) is 0 Å². The molecule has 1 N–H and O–H groups in total. The van der Waals surface area contributed by atoms with Gasteiger partial charge in [0, 0.05) is 30.1 Å². The van der Waals surface area contributed by atoms with Gasteiger partial charge < -0.3 is 9.88 Å². The summed E-state index contributed by atoms with van der Waals surface area (Å²) in [6.45, 7) is 2.71. The van der Waals surface area contributed by atoms with E-state index in [-0.39, 0.29) is 0 Å². The van der Waals surface area contributed by atoms with Gasteiger partial charge in [-0.2, -0.15) is 0 Å². The van der Waals surface area contributed by atoms with Gasteiger partial charge >= 0.3 is 0 Å². The van der Waals surface area contributed by atoms with Gasteiger partial charge in [0.15, 0.2) is 0 Å². The Hall–Kier alpha value is -1.36. The zero-order chi connectivity index (χ0) is 11.5. The van der Waals surface area contributed by atoms with Crippen LogP contribution in [0.25, 0.3) is 0 Å². The number of hydrogen-bond donors (Lipinski definition) is 1. The van der Waals surface area contributed by atoms with Crippen molar-refractivity contribution in [3.05, 3.63) is 40.5 Å². The molecule has 4 nitrogen and oxygen atoms in total. The second-order valence-corrected chi connectivity index (χ2v) is 4.54. The molecular formula is C11H13BrN4. The summed E-state index contributed by atoms with van der Waals surface area (Å²) in [5.74, 6) is 1.88. The molecule has 0 aliphatic heterocycles. The predicted octanol–water partition coefficient (Wildman–Crippen LogP) is 2.50. The minimum atomic E-state index is 0.680. The molecule has 84 valence electrons. The van der Waals surface area contributed by atoms with Crippen LogP contribution in [0.1, 0.15) is 11.4 Å². The lowest BCUT2D eigenvalue weighted by Gasteiger charge is -2.08. The molecular weight excluding hydrogens is 268 g/mol. The Labute approximate surface area is 103 Å². The number of pyridine rings is 1. The predicted molar refractivity (Wildman–Crippen MR) is 67.2 cm³/mol. The topological polar surface area (TPSA) is 42.7 Å². The van der Waals surface area contributed by atoms with Crippen molar-refractivity contribution in [3.63, 3.8) is 0 Å². The van der Waals surface area contributed by atoms with Crippen molar-refractivity contribution < 1.29 is 0 Å². The first-order valence-corrected chi connectivity index (χ1v) is 5.78.